The molecule has 0 heterocycles. The van der Waals surface area contributed by atoms with Gasteiger partial charge in [0.2, 0.25) is 0 Å². The fraction of sp³-hybridized carbons (Fsp3) is 0.538. The smallest absolute Gasteiger partial charge is 0.127 e. The Labute approximate surface area is 106 Å². The minimum absolute atomic E-state index is 0.114. The molecule has 0 bridgehead atoms. The lowest BCUT2D eigenvalue weighted by molar-refractivity contribution is 0.506. The van der Waals surface area contributed by atoms with Gasteiger partial charge < -0.3 is 5.32 Å². The molecule has 0 radical (unpaired) electrons. The van der Waals surface area contributed by atoms with Gasteiger partial charge in [-0.15, -0.1) is 0 Å². The number of halogens is 2. The van der Waals surface area contributed by atoms with Crippen molar-refractivity contribution in [2.75, 3.05) is 6.54 Å². The summed E-state index contributed by atoms with van der Waals surface area (Å²) < 4.78 is 14.3. The van der Waals surface area contributed by atoms with Gasteiger partial charge in [-0.25, -0.2) is 4.39 Å². The second-order valence-corrected chi connectivity index (χ2v) is 5.05. The van der Waals surface area contributed by atoms with E-state index in [9.17, 15) is 4.39 Å². The van der Waals surface area contributed by atoms with Crippen molar-refractivity contribution in [2.45, 2.75) is 39.2 Å². The maximum Gasteiger partial charge on any atom is 0.127 e. The summed E-state index contributed by atoms with van der Waals surface area (Å²) >= 11 is 3.26. The highest BCUT2D eigenvalue weighted by Crippen LogP contribution is 2.16. The molecule has 0 aliphatic heterocycles. The zero-order valence-corrected chi connectivity index (χ0v) is 11.5. The SMILES string of the molecule is CCCNC(C)CCc1ccc(Br)cc1F. The largest absolute Gasteiger partial charge is 0.314 e. The fourth-order valence-corrected chi connectivity index (χ4v) is 1.92. The first kappa shape index (κ1) is 13.7. The van der Waals surface area contributed by atoms with Gasteiger partial charge in [0.05, 0.1) is 0 Å². The first-order chi connectivity index (χ1) is 7.63. The van der Waals surface area contributed by atoms with Gasteiger partial charge in [-0.05, 0) is 50.4 Å². The number of benzene rings is 1. The molecule has 1 rings (SSSR count). The summed E-state index contributed by atoms with van der Waals surface area (Å²) in [6.07, 6.45) is 2.90. The standard InChI is InChI=1S/C13H19BrFN/c1-3-8-16-10(2)4-5-11-6-7-12(14)9-13(11)15/h6-7,9-10,16H,3-5,8H2,1-2H3. The number of rotatable bonds is 6. The first-order valence-corrected chi connectivity index (χ1v) is 6.60. The molecule has 0 aromatic heterocycles. The Morgan fingerprint density at radius 2 is 2.19 bits per heavy atom. The second-order valence-electron chi connectivity index (χ2n) is 4.13. The van der Waals surface area contributed by atoms with Crippen molar-refractivity contribution >= 4 is 15.9 Å². The molecular formula is C13H19BrFN. The van der Waals surface area contributed by atoms with Crippen LogP contribution >= 0.6 is 15.9 Å². The molecule has 1 aromatic rings. The molecule has 0 saturated heterocycles. The minimum atomic E-state index is -0.114. The van der Waals surface area contributed by atoms with Crippen LogP contribution in [-0.4, -0.2) is 12.6 Å². The van der Waals surface area contributed by atoms with Crippen LogP contribution in [0, 0.1) is 5.82 Å². The monoisotopic (exact) mass is 287 g/mol. The molecule has 0 aliphatic carbocycles. The average molecular weight is 288 g/mol. The highest BCUT2D eigenvalue weighted by atomic mass is 79.9. The van der Waals surface area contributed by atoms with Crippen LogP contribution in [0.3, 0.4) is 0 Å². The number of nitrogens with one attached hydrogen (secondary N) is 1. The maximum absolute atomic E-state index is 13.5. The molecule has 16 heavy (non-hydrogen) atoms. The van der Waals surface area contributed by atoms with Crippen molar-refractivity contribution in [2.24, 2.45) is 0 Å². The highest BCUT2D eigenvalue weighted by molar-refractivity contribution is 9.10. The van der Waals surface area contributed by atoms with Gasteiger partial charge in [0, 0.05) is 10.5 Å². The lowest BCUT2D eigenvalue weighted by Crippen LogP contribution is -2.27. The molecule has 0 saturated carbocycles. The van der Waals surface area contributed by atoms with Crippen LogP contribution in [0.5, 0.6) is 0 Å². The summed E-state index contributed by atoms with van der Waals surface area (Å²) in [5.41, 5.74) is 0.799. The van der Waals surface area contributed by atoms with Crippen LogP contribution in [0.15, 0.2) is 22.7 Å². The summed E-state index contributed by atoms with van der Waals surface area (Å²) in [6, 6.07) is 5.72. The molecule has 1 atom stereocenters. The third kappa shape index (κ3) is 4.62. The summed E-state index contributed by atoms with van der Waals surface area (Å²) in [7, 11) is 0. The molecule has 1 nitrogen and oxygen atoms in total. The van der Waals surface area contributed by atoms with Gasteiger partial charge in [0.1, 0.15) is 5.82 Å². The van der Waals surface area contributed by atoms with Crippen LogP contribution < -0.4 is 5.32 Å². The van der Waals surface area contributed by atoms with Gasteiger partial charge in [-0.3, -0.25) is 0 Å². The predicted molar refractivity (Wildman–Crippen MR) is 70.2 cm³/mol. The fourth-order valence-electron chi connectivity index (χ4n) is 1.59. The topological polar surface area (TPSA) is 12.0 Å². The molecule has 90 valence electrons. The molecule has 0 aliphatic rings. The maximum atomic E-state index is 13.5. The molecule has 1 aromatic carbocycles. The van der Waals surface area contributed by atoms with Gasteiger partial charge in [0.15, 0.2) is 0 Å². The summed E-state index contributed by atoms with van der Waals surface area (Å²) in [6.45, 7) is 5.32. The molecule has 3 heteroatoms. The van der Waals surface area contributed by atoms with Crippen molar-refractivity contribution in [3.05, 3.63) is 34.1 Å². The Bertz CT molecular complexity index is 328. The Balaban J connectivity index is 2.42. The normalized spacial score (nSPS) is 12.8. The third-order valence-electron chi connectivity index (χ3n) is 2.60. The van der Waals surface area contributed by atoms with E-state index in [1.165, 1.54) is 6.07 Å². The lowest BCUT2D eigenvalue weighted by Gasteiger charge is -2.13. The van der Waals surface area contributed by atoms with Gasteiger partial charge in [-0.1, -0.05) is 28.9 Å². The van der Waals surface area contributed by atoms with Crippen molar-refractivity contribution in [3.8, 4) is 0 Å². The quantitative estimate of drug-likeness (QED) is 0.837. The third-order valence-corrected chi connectivity index (χ3v) is 3.10. The summed E-state index contributed by atoms with van der Waals surface area (Å²) in [4.78, 5) is 0. The average Bonchev–Trinajstić information content (AvgIpc) is 2.25. The summed E-state index contributed by atoms with van der Waals surface area (Å²) in [5, 5.41) is 3.40. The van der Waals surface area contributed by atoms with Crippen molar-refractivity contribution < 1.29 is 4.39 Å². The second kappa shape index (κ2) is 7.02. The van der Waals surface area contributed by atoms with Gasteiger partial charge in [-0.2, -0.15) is 0 Å². The van der Waals surface area contributed by atoms with Crippen molar-refractivity contribution in [1.29, 1.82) is 0 Å². The van der Waals surface area contributed by atoms with Crippen molar-refractivity contribution in [1.82, 2.24) is 5.32 Å². The van der Waals surface area contributed by atoms with E-state index in [0.29, 0.717) is 6.04 Å². The van der Waals surface area contributed by atoms with Crippen LogP contribution in [0.25, 0.3) is 0 Å². The zero-order chi connectivity index (χ0) is 12.0. The van der Waals surface area contributed by atoms with E-state index in [-0.39, 0.29) is 5.82 Å². The van der Waals surface area contributed by atoms with Crippen molar-refractivity contribution in [3.63, 3.8) is 0 Å². The number of hydrogen-bond donors (Lipinski definition) is 1. The first-order valence-electron chi connectivity index (χ1n) is 5.80. The Kier molecular flexibility index (Phi) is 5.99. The Morgan fingerprint density at radius 3 is 2.81 bits per heavy atom. The minimum Gasteiger partial charge on any atom is -0.314 e. The molecule has 1 unspecified atom stereocenters. The molecular weight excluding hydrogens is 269 g/mol. The Morgan fingerprint density at radius 1 is 1.44 bits per heavy atom. The van der Waals surface area contributed by atoms with Crippen LogP contribution in [0.1, 0.15) is 32.3 Å². The van der Waals surface area contributed by atoms with E-state index in [1.807, 2.05) is 12.1 Å². The van der Waals surface area contributed by atoms with E-state index in [2.05, 4.69) is 35.1 Å². The zero-order valence-electron chi connectivity index (χ0n) is 9.89. The Hall–Kier alpha value is -0.410. The summed E-state index contributed by atoms with van der Waals surface area (Å²) in [5.74, 6) is -0.114. The van der Waals surface area contributed by atoms with E-state index in [0.717, 1.165) is 35.8 Å². The lowest BCUT2D eigenvalue weighted by atomic mass is 10.1. The predicted octanol–water partition coefficient (Wildman–Crippen LogP) is 3.91. The van der Waals surface area contributed by atoms with E-state index in [1.54, 1.807) is 0 Å². The molecule has 1 N–H and O–H groups in total. The van der Waals surface area contributed by atoms with Crippen LogP contribution in [0.2, 0.25) is 0 Å². The molecule has 0 fully saturated rings. The van der Waals surface area contributed by atoms with Crippen LogP contribution in [0.4, 0.5) is 4.39 Å². The van der Waals surface area contributed by atoms with Gasteiger partial charge in [0.25, 0.3) is 0 Å². The molecule has 0 spiro atoms. The number of hydrogen-bond acceptors (Lipinski definition) is 1. The van der Waals surface area contributed by atoms with Gasteiger partial charge >= 0.3 is 0 Å². The highest BCUT2D eigenvalue weighted by Gasteiger charge is 2.05. The number of aryl methyl sites for hydroxylation is 1. The van der Waals surface area contributed by atoms with E-state index >= 15 is 0 Å². The molecule has 0 amide bonds. The van der Waals surface area contributed by atoms with E-state index < -0.39 is 0 Å². The van der Waals surface area contributed by atoms with Crippen LogP contribution in [-0.2, 0) is 6.42 Å². The van der Waals surface area contributed by atoms with E-state index in [4.69, 9.17) is 0 Å².